The van der Waals surface area contributed by atoms with Crippen molar-refractivity contribution in [1.29, 1.82) is 0 Å². The first-order valence-corrected chi connectivity index (χ1v) is 8.93. The van der Waals surface area contributed by atoms with Crippen LogP contribution in [-0.2, 0) is 17.5 Å². The first-order chi connectivity index (χ1) is 11.8. The number of hydrogen-bond donors (Lipinski definition) is 1. The molecule has 1 atom stereocenters. The number of halogens is 5. The SMILES string of the molecule is CCCCC(C(=O)O)C1CCN(Cc2ccccc2C(F)(F)F)CC1.Cl.Cl. The highest BCUT2D eigenvalue weighted by Gasteiger charge is 2.34. The summed E-state index contributed by atoms with van der Waals surface area (Å²) in [7, 11) is 0. The zero-order valence-electron chi connectivity index (χ0n) is 15.4. The third-order valence-electron chi connectivity index (χ3n) is 5.10. The van der Waals surface area contributed by atoms with E-state index in [-0.39, 0.29) is 48.8 Å². The van der Waals surface area contributed by atoms with Gasteiger partial charge in [-0.05, 0) is 49.9 Å². The molecule has 1 aliphatic rings. The summed E-state index contributed by atoms with van der Waals surface area (Å²) in [6, 6.07) is 5.68. The van der Waals surface area contributed by atoms with Crippen LogP contribution in [-0.4, -0.2) is 29.1 Å². The van der Waals surface area contributed by atoms with E-state index in [1.807, 2.05) is 11.8 Å². The first kappa shape index (κ1) is 26.0. The Morgan fingerprint density at radius 3 is 2.33 bits per heavy atom. The summed E-state index contributed by atoms with van der Waals surface area (Å²) < 4.78 is 39.3. The van der Waals surface area contributed by atoms with E-state index in [1.165, 1.54) is 12.1 Å². The van der Waals surface area contributed by atoms with Gasteiger partial charge in [-0.15, -0.1) is 24.8 Å². The van der Waals surface area contributed by atoms with E-state index in [0.717, 1.165) is 31.7 Å². The van der Waals surface area contributed by atoms with Gasteiger partial charge in [-0.2, -0.15) is 13.2 Å². The number of alkyl halides is 3. The van der Waals surface area contributed by atoms with E-state index in [2.05, 4.69) is 0 Å². The molecule has 0 radical (unpaired) electrons. The molecule has 1 fully saturated rings. The molecule has 3 nitrogen and oxygen atoms in total. The lowest BCUT2D eigenvalue weighted by molar-refractivity contribution is -0.145. The van der Waals surface area contributed by atoms with E-state index in [1.54, 1.807) is 6.07 Å². The number of piperidine rings is 1. The smallest absolute Gasteiger partial charge is 0.416 e. The summed E-state index contributed by atoms with van der Waals surface area (Å²) in [6.45, 7) is 3.59. The quantitative estimate of drug-likeness (QED) is 0.608. The fraction of sp³-hybridized carbons (Fsp3) is 0.632. The second-order valence-electron chi connectivity index (χ2n) is 6.86. The van der Waals surface area contributed by atoms with Crippen molar-refractivity contribution >= 4 is 30.8 Å². The highest BCUT2D eigenvalue weighted by molar-refractivity contribution is 5.85. The van der Waals surface area contributed by atoms with Crippen molar-refractivity contribution in [3.63, 3.8) is 0 Å². The molecule has 0 saturated carbocycles. The highest BCUT2D eigenvalue weighted by atomic mass is 35.5. The second kappa shape index (κ2) is 11.8. The van der Waals surface area contributed by atoms with Gasteiger partial charge in [0.15, 0.2) is 0 Å². The molecule has 27 heavy (non-hydrogen) atoms. The largest absolute Gasteiger partial charge is 0.481 e. The number of likely N-dealkylation sites (tertiary alicyclic amines) is 1. The van der Waals surface area contributed by atoms with Crippen molar-refractivity contribution in [3.05, 3.63) is 35.4 Å². The predicted octanol–water partition coefficient (Wildman–Crippen LogP) is 5.65. The molecule has 1 unspecified atom stereocenters. The minimum absolute atomic E-state index is 0. The Labute approximate surface area is 171 Å². The van der Waals surface area contributed by atoms with Crippen LogP contribution in [0.2, 0.25) is 0 Å². The Bertz CT molecular complexity index is 576. The fourth-order valence-electron chi connectivity index (χ4n) is 3.67. The van der Waals surface area contributed by atoms with Gasteiger partial charge >= 0.3 is 12.1 Å². The van der Waals surface area contributed by atoms with Gasteiger partial charge in [-0.3, -0.25) is 9.69 Å². The Balaban J connectivity index is 0.00000338. The second-order valence-corrected chi connectivity index (χ2v) is 6.86. The van der Waals surface area contributed by atoms with Gasteiger partial charge in [0.1, 0.15) is 0 Å². The summed E-state index contributed by atoms with van der Waals surface area (Å²) in [5.41, 5.74) is -0.294. The number of hydrogen-bond acceptors (Lipinski definition) is 2. The van der Waals surface area contributed by atoms with Crippen LogP contribution in [0, 0.1) is 11.8 Å². The summed E-state index contributed by atoms with van der Waals surface area (Å²) in [6.07, 6.45) is -0.326. The van der Waals surface area contributed by atoms with E-state index >= 15 is 0 Å². The van der Waals surface area contributed by atoms with Crippen molar-refractivity contribution in [1.82, 2.24) is 4.90 Å². The van der Waals surface area contributed by atoms with Gasteiger partial charge in [0.25, 0.3) is 0 Å². The van der Waals surface area contributed by atoms with Crippen LogP contribution in [0.5, 0.6) is 0 Å². The molecule has 1 N–H and O–H groups in total. The molecule has 1 saturated heterocycles. The van der Waals surface area contributed by atoms with E-state index in [4.69, 9.17) is 0 Å². The Hall–Kier alpha value is -0.980. The normalized spacial score (nSPS) is 16.9. The van der Waals surface area contributed by atoms with Gasteiger partial charge in [0.05, 0.1) is 11.5 Å². The van der Waals surface area contributed by atoms with Crippen LogP contribution in [0.4, 0.5) is 13.2 Å². The molecule has 1 aliphatic heterocycles. The van der Waals surface area contributed by atoms with Gasteiger partial charge in [0, 0.05) is 6.54 Å². The predicted molar refractivity (Wildman–Crippen MR) is 105 cm³/mol. The molecular weight excluding hydrogens is 402 g/mol. The summed E-state index contributed by atoms with van der Waals surface area (Å²) in [5, 5.41) is 9.44. The van der Waals surface area contributed by atoms with Crippen molar-refractivity contribution in [2.24, 2.45) is 11.8 Å². The zero-order valence-corrected chi connectivity index (χ0v) is 17.0. The maximum atomic E-state index is 13.1. The number of rotatable bonds is 7. The third-order valence-corrected chi connectivity index (χ3v) is 5.10. The molecule has 8 heteroatoms. The van der Waals surface area contributed by atoms with Crippen molar-refractivity contribution in [2.45, 2.75) is 51.7 Å². The average molecular weight is 430 g/mol. The molecule has 0 spiro atoms. The third kappa shape index (κ3) is 7.51. The number of carbonyl (C=O) groups is 1. The molecule has 0 amide bonds. The topological polar surface area (TPSA) is 40.5 Å². The minimum Gasteiger partial charge on any atom is -0.481 e. The molecule has 1 heterocycles. The van der Waals surface area contributed by atoms with Crippen LogP contribution in [0.15, 0.2) is 24.3 Å². The summed E-state index contributed by atoms with van der Waals surface area (Å²) in [4.78, 5) is 13.5. The summed E-state index contributed by atoms with van der Waals surface area (Å²) in [5.74, 6) is -0.947. The van der Waals surface area contributed by atoms with Gasteiger partial charge < -0.3 is 5.11 Å². The number of aliphatic carboxylic acids is 1. The first-order valence-electron chi connectivity index (χ1n) is 8.93. The molecule has 1 aromatic carbocycles. The molecule has 0 aromatic heterocycles. The van der Waals surface area contributed by atoms with Crippen LogP contribution in [0.25, 0.3) is 0 Å². The van der Waals surface area contributed by atoms with Crippen molar-refractivity contribution in [2.75, 3.05) is 13.1 Å². The van der Waals surface area contributed by atoms with Crippen LogP contribution in [0.1, 0.15) is 50.2 Å². The van der Waals surface area contributed by atoms with Crippen molar-refractivity contribution in [3.8, 4) is 0 Å². The Morgan fingerprint density at radius 2 is 1.81 bits per heavy atom. The maximum absolute atomic E-state index is 13.1. The zero-order chi connectivity index (χ0) is 18.4. The average Bonchev–Trinajstić information content (AvgIpc) is 2.56. The van der Waals surface area contributed by atoms with Crippen LogP contribution in [0.3, 0.4) is 0 Å². The summed E-state index contributed by atoms with van der Waals surface area (Å²) >= 11 is 0. The fourth-order valence-corrected chi connectivity index (χ4v) is 3.67. The van der Waals surface area contributed by atoms with Crippen LogP contribution < -0.4 is 0 Å². The number of carboxylic acid groups (broad SMARTS) is 1. The molecule has 0 bridgehead atoms. The number of unbranched alkanes of at least 4 members (excludes halogenated alkanes) is 1. The lowest BCUT2D eigenvalue weighted by Crippen LogP contribution is -2.38. The molecule has 156 valence electrons. The van der Waals surface area contributed by atoms with E-state index in [0.29, 0.717) is 19.5 Å². The number of nitrogens with zero attached hydrogens (tertiary/aromatic N) is 1. The molecule has 2 rings (SSSR count). The highest BCUT2D eigenvalue weighted by Crippen LogP contribution is 2.34. The minimum atomic E-state index is -4.34. The standard InChI is InChI=1S/C19H26F3NO2.2ClH/c1-2-3-7-16(18(24)25)14-9-11-23(12-10-14)13-15-6-4-5-8-17(15)19(20,21)22;;/h4-6,8,14,16H,2-3,7,9-13H2,1H3,(H,24,25);2*1H. The molecule has 1 aromatic rings. The van der Waals surface area contributed by atoms with Crippen LogP contribution >= 0.6 is 24.8 Å². The van der Waals surface area contributed by atoms with Gasteiger partial charge in [-0.1, -0.05) is 38.0 Å². The molecular formula is C19H28Cl2F3NO2. The number of benzene rings is 1. The van der Waals surface area contributed by atoms with Gasteiger partial charge in [-0.25, -0.2) is 0 Å². The van der Waals surface area contributed by atoms with Crippen molar-refractivity contribution < 1.29 is 23.1 Å². The monoisotopic (exact) mass is 429 g/mol. The van der Waals surface area contributed by atoms with Gasteiger partial charge in [0.2, 0.25) is 0 Å². The Kier molecular flexibility index (Phi) is 11.3. The van der Waals surface area contributed by atoms with E-state index in [9.17, 15) is 23.1 Å². The lowest BCUT2D eigenvalue weighted by Gasteiger charge is -2.35. The number of carboxylic acids is 1. The maximum Gasteiger partial charge on any atom is 0.416 e. The lowest BCUT2D eigenvalue weighted by atomic mass is 9.81. The van der Waals surface area contributed by atoms with E-state index < -0.39 is 17.7 Å². The Morgan fingerprint density at radius 1 is 1.22 bits per heavy atom. The molecule has 0 aliphatic carbocycles.